The number of rotatable bonds is 10. The Morgan fingerprint density at radius 3 is 2.50 bits per heavy atom. The molecule has 8 aliphatic carbocycles. The monoisotopic (exact) mass is 882 g/mol. The third-order valence-corrected chi connectivity index (χ3v) is 21.1. The average molecular weight is 882 g/mol. The number of ether oxygens (including phenoxy) is 1. The van der Waals surface area contributed by atoms with Crippen molar-refractivity contribution in [3.05, 3.63) is 47.0 Å². The first-order chi connectivity index (χ1) is 30.8. The summed E-state index contributed by atoms with van der Waals surface area (Å²) in [6, 6.07) is 7.65. The van der Waals surface area contributed by atoms with Gasteiger partial charge in [-0.05, 0) is 130 Å². The summed E-state index contributed by atoms with van der Waals surface area (Å²) in [4.78, 5) is 28.3. The molecule has 10 rings (SSSR count). The molecule has 1 aromatic carbocycles. The van der Waals surface area contributed by atoms with Crippen molar-refractivity contribution in [2.75, 3.05) is 13.3 Å². The van der Waals surface area contributed by atoms with Crippen LogP contribution in [0.1, 0.15) is 147 Å². The molecule has 17 atom stereocenters. The summed E-state index contributed by atoms with van der Waals surface area (Å²) in [5, 5.41) is 81.4. The number of aldehydes is 1. The number of hydrogen-bond acceptors (Lipinski definition) is 10. The highest BCUT2D eigenvalue weighted by atomic mass is 16.5. The van der Waals surface area contributed by atoms with Gasteiger partial charge in [0, 0.05) is 52.7 Å². The minimum atomic E-state index is -1.86. The van der Waals surface area contributed by atoms with Crippen LogP contribution < -0.4 is 5.32 Å². The van der Waals surface area contributed by atoms with Crippen molar-refractivity contribution < 1.29 is 45.0 Å². The minimum Gasteiger partial charge on any atom is -0.454 e. The van der Waals surface area contributed by atoms with E-state index in [0.717, 1.165) is 49.5 Å². The average Bonchev–Trinajstić information content (AvgIpc) is 3.99. The smallest absolute Gasteiger partial charge is 0.331 e. The highest BCUT2D eigenvalue weighted by molar-refractivity contribution is 5.87. The molecule has 350 valence electrons. The predicted octanol–water partition coefficient (Wildman–Crippen LogP) is 6.15. The number of esters is 1. The maximum atomic E-state index is 14.6. The maximum absolute atomic E-state index is 14.6. The van der Waals surface area contributed by atoms with E-state index in [1.54, 1.807) is 6.08 Å². The van der Waals surface area contributed by atoms with E-state index in [1.807, 2.05) is 18.2 Å². The SMILES string of the molecule is CCCCC[C@@H]1C[C@]2(C=O)[C@H]3CC[C@@]45CCC#Cc6ccccc6C[C@@H](NCO)[C@H]6C[C@H](C[C@]4(O)[C@]3(O)C[C@@H]3C[C@@H]([C@@H](C)C4CCCC4)CC[C@H]([C@H]1O)[C@@]32O)[C@]5(CO)C1=CC(=O)O[C@@H]16. The second-order valence-electron chi connectivity index (χ2n) is 22.9. The fraction of sp³-hybridized carbons (Fsp3) is 0.778. The largest absolute Gasteiger partial charge is 0.454 e. The molecule has 1 heterocycles. The van der Waals surface area contributed by atoms with Gasteiger partial charge < -0.3 is 40.2 Å². The van der Waals surface area contributed by atoms with Crippen molar-refractivity contribution >= 4 is 12.3 Å². The first-order valence-electron chi connectivity index (χ1n) is 25.6. The molecule has 1 spiro atoms. The third kappa shape index (κ3) is 6.02. The van der Waals surface area contributed by atoms with E-state index in [-0.39, 0.29) is 62.3 Å². The van der Waals surface area contributed by atoms with Gasteiger partial charge in [-0.25, -0.2) is 4.79 Å². The van der Waals surface area contributed by atoms with Crippen LogP contribution in [0.25, 0.3) is 0 Å². The summed E-state index contributed by atoms with van der Waals surface area (Å²) < 4.78 is 6.27. The molecule has 0 saturated heterocycles. The molecular weight excluding hydrogens is 807 g/mol. The Bertz CT molecular complexity index is 2060. The molecule has 1 aliphatic heterocycles. The molecule has 10 nitrogen and oxygen atoms in total. The third-order valence-electron chi connectivity index (χ3n) is 21.1. The highest BCUT2D eigenvalue weighted by Gasteiger charge is 2.86. The van der Waals surface area contributed by atoms with Crippen molar-refractivity contribution in [2.24, 2.45) is 69.5 Å². The summed E-state index contributed by atoms with van der Waals surface area (Å²) in [5.74, 6) is 4.75. The summed E-state index contributed by atoms with van der Waals surface area (Å²) >= 11 is 0. The highest BCUT2D eigenvalue weighted by Crippen LogP contribution is 2.81. The fourth-order valence-corrected chi connectivity index (χ4v) is 18.4. The zero-order valence-electron chi connectivity index (χ0n) is 38.4. The van der Waals surface area contributed by atoms with Gasteiger partial charge in [-0.1, -0.05) is 88.8 Å². The Kier molecular flexibility index (Phi) is 11.7. The zero-order valence-corrected chi connectivity index (χ0v) is 38.4. The van der Waals surface area contributed by atoms with Crippen LogP contribution in [0.4, 0.5) is 0 Å². The number of aliphatic hydroxyl groups excluding tert-OH is 3. The molecule has 7 saturated carbocycles. The van der Waals surface area contributed by atoms with Crippen LogP contribution in [-0.2, 0) is 20.7 Å². The number of carbonyl (C=O) groups is 2. The van der Waals surface area contributed by atoms with Gasteiger partial charge in [0.25, 0.3) is 0 Å². The van der Waals surface area contributed by atoms with E-state index in [0.29, 0.717) is 68.8 Å². The first-order valence-corrected chi connectivity index (χ1v) is 25.6. The Hall–Kier alpha value is -2.62. The summed E-state index contributed by atoms with van der Waals surface area (Å²) in [5.41, 5.74) is -6.48. The van der Waals surface area contributed by atoms with Crippen molar-refractivity contribution in [3.63, 3.8) is 0 Å². The van der Waals surface area contributed by atoms with Crippen LogP contribution in [0.5, 0.6) is 0 Å². The summed E-state index contributed by atoms with van der Waals surface area (Å²) in [6.07, 6.45) is 14.4. The minimum absolute atomic E-state index is 0.0862. The number of carbonyl (C=O) groups excluding carboxylic acids is 2. The van der Waals surface area contributed by atoms with E-state index >= 15 is 0 Å². The molecule has 64 heavy (non-hydrogen) atoms. The van der Waals surface area contributed by atoms with Crippen LogP contribution in [0.15, 0.2) is 35.9 Å². The van der Waals surface area contributed by atoms with E-state index in [4.69, 9.17) is 4.74 Å². The van der Waals surface area contributed by atoms with Gasteiger partial charge in [-0.2, -0.15) is 0 Å². The number of aliphatic hydroxyl groups is 6. The van der Waals surface area contributed by atoms with Crippen LogP contribution in [0.3, 0.4) is 0 Å². The van der Waals surface area contributed by atoms with Crippen LogP contribution in [0.2, 0.25) is 0 Å². The number of unbranched alkanes of at least 4 members (excludes halogenated alkanes) is 2. The Labute approximate surface area is 380 Å². The molecule has 4 bridgehead atoms. The molecule has 0 aromatic heterocycles. The molecule has 0 amide bonds. The van der Waals surface area contributed by atoms with Crippen LogP contribution in [0, 0.1) is 81.3 Å². The molecule has 0 unspecified atom stereocenters. The van der Waals surface area contributed by atoms with Gasteiger partial charge in [-0.15, -0.1) is 0 Å². The van der Waals surface area contributed by atoms with Crippen molar-refractivity contribution in [1.29, 1.82) is 0 Å². The van der Waals surface area contributed by atoms with E-state index in [2.05, 4.69) is 37.1 Å². The summed E-state index contributed by atoms with van der Waals surface area (Å²) in [6.45, 7) is 3.86. The Balaban J connectivity index is 1.16. The lowest BCUT2D eigenvalue weighted by molar-refractivity contribution is -0.352. The van der Waals surface area contributed by atoms with Gasteiger partial charge in [0.1, 0.15) is 18.0 Å². The Morgan fingerprint density at radius 2 is 1.75 bits per heavy atom. The lowest BCUT2D eigenvalue weighted by atomic mass is 9.34. The first kappa shape index (κ1) is 45.2. The zero-order chi connectivity index (χ0) is 44.9. The lowest BCUT2D eigenvalue weighted by Crippen LogP contribution is -2.82. The molecule has 7 N–H and O–H groups in total. The standard InChI is InChI=1S/C54H75NO9/c1-3-4-5-17-38-27-49(30-56)45-20-22-50-21-11-10-15-35-14-8-9-16-37(35)24-44(55-32-58)41-25-39(51(50,31-57)43-26-46(59)64-48(41)43)29-53(50,62)52(45,61)28-40-23-36(33(2)34-12-6-7-13-34)18-19-42(47(38)60)54(40,49)63/h8-9,14,16,26,30,33-34,36,38-42,44-45,47-48,55,57-58,60-63H,3-7,11-13,17-25,27-29,31-32H2,1-2H3/t33-,36-,38+,39+,40-,41+,42+,44+,45+,47-,48+,49-,50+,51+,52-,53+,54-/m0/s1. The fourth-order valence-electron chi connectivity index (χ4n) is 18.4. The van der Waals surface area contributed by atoms with Gasteiger partial charge in [0.15, 0.2) is 0 Å². The number of benzene rings is 1. The van der Waals surface area contributed by atoms with Gasteiger partial charge in [-0.3, -0.25) is 5.32 Å². The van der Waals surface area contributed by atoms with Gasteiger partial charge in [0.05, 0.1) is 36.1 Å². The van der Waals surface area contributed by atoms with Crippen molar-refractivity contribution in [2.45, 2.75) is 177 Å². The number of hydrogen-bond donors (Lipinski definition) is 7. The molecule has 9 aliphatic rings. The molecule has 0 radical (unpaired) electrons. The van der Waals surface area contributed by atoms with Crippen molar-refractivity contribution in [3.8, 4) is 11.8 Å². The molecule has 7 fully saturated rings. The summed E-state index contributed by atoms with van der Waals surface area (Å²) in [7, 11) is 0. The maximum Gasteiger partial charge on any atom is 0.331 e. The predicted molar refractivity (Wildman–Crippen MR) is 241 cm³/mol. The topological polar surface area (TPSA) is 177 Å². The van der Waals surface area contributed by atoms with E-state index in [9.17, 15) is 40.2 Å². The normalized spacial score (nSPS) is 47.4. The van der Waals surface area contributed by atoms with E-state index in [1.165, 1.54) is 25.7 Å². The number of fused-ring (bicyclic) bond motifs is 7. The number of nitrogens with one attached hydrogen (secondary N) is 1. The van der Waals surface area contributed by atoms with Crippen molar-refractivity contribution in [1.82, 2.24) is 5.32 Å². The van der Waals surface area contributed by atoms with Gasteiger partial charge >= 0.3 is 5.97 Å². The van der Waals surface area contributed by atoms with Gasteiger partial charge in [0.2, 0.25) is 0 Å². The second-order valence-corrected chi connectivity index (χ2v) is 22.9. The molecule has 10 heteroatoms. The van der Waals surface area contributed by atoms with Crippen LogP contribution >= 0.6 is 0 Å². The second kappa shape index (κ2) is 16.6. The quantitative estimate of drug-likeness (QED) is 0.0475. The van der Waals surface area contributed by atoms with E-state index < -0.39 is 69.0 Å². The Morgan fingerprint density at radius 1 is 0.953 bits per heavy atom. The lowest BCUT2D eigenvalue weighted by Gasteiger charge is -2.73. The molecular formula is C54H75NO9. The molecule has 1 aromatic rings. The van der Waals surface area contributed by atoms with Crippen LogP contribution in [-0.4, -0.2) is 91.3 Å².